The third-order valence-electron chi connectivity index (χ3n) is 2.12. The fourth-order valence-electron chi connectivity index (χ4n) is 1.52. The maximum Gasteiger partial charge on any atom is 0.307 e. The van der Waals surface area contributed by atoms with E-state index in [9.17, 15) is 4.79 Å². The van der Waals surface area contributed by atoms with Gasteiger partial charge >= 0.3 is 5.97 Å². The lowest BCUT2D eigenvalue weighted by atomic mass is 9.99. The minimum atomic E-state index is -0.675. The second-order valence-electron chi connectivity index (χ2n) is 3.08. The summed E-state index contributed by atoms with van der Waals surface area (Å²) in [4.78, 5) is 10.5. The summed E-state index contributed by atoms with van der Waals surface area (Å²) in [5.41, 5.74) is 1.08. The average Bonchev–Trinajstić information content (AvgIpc) is 2.10. The number of carboxylic acid groups (broad SMARTS) is 1. The van der Waals surface area contributed by atoms with Crippen LogP contribution in [0, 0.1) is 11.8 Å². The number of allylic oxidation sites excluding steroid dienone is 1. The van der Waals surface area contributed by atoms with E-state index in [1.54, 1.807) is 0 Å². The Bertz CT molecular complexity index is 172. The molecule has 0 bridgehead atoms. The Morgan fingerprint density at radius 3 is 2.50 bits per heavy atom. The summed E-state index contributed by atoms with van der Waals surface area (Å²) in [6, 6.07) is 0. The van der Waals surface area contributed by atoms with Crippen LogP contribution in [0.1, 0.15) is 19.8 Å². The normalized spacial score (nSPS) is 32.7. The van der Waals surface area contributed by atoms with Crippen LogP contribution in [0.2, 0.25) is 0 Å². The summed E-state index contributed by atoms with van der Waals surface area (Å²) in [5.74, 6) is -0.566. The number of hydrogen-bond acceptors (Lipinski definition) is 1. The molecule has 2 atom stereocenters. The SMILES string of the molecule is C=C1CC(C)[C@H](C(=O)O)C1. The van der Waals surface area contributed by atoms with E-state index < -0.39 is 5.97 Å². The number of aliphatic carboxylic acids is 1. The summed E-state index contributed by atoms with van der Waals surface area (Å²) >= 11 is 0. The first-order chi connectivity index (χ1) is 4.61. The van der Waals surface area contributed by atoms with E-state index in [2.05, 4.69) is 6.58 Å². The van der Waals surface area contributed by atoms with Gasteiger partial charge in [0, 0.05) is 0 Å². The van der Waals surface area contributed by atoms with Crippen molar-refractivity contribution in [3.05, 3.63) is 12.2 Å². The summed E-state index contributed by atoms with van der Waals surface area (Å²) in [5, 5.41) is 8.66. The monoisotopic (exact) mass is 140 g/mol. The van der Waals surface area contributed by atoms with Gasteiger partial charge in [0.25, 0.3) is 0 Å². The molecule has 10 heavy (non-hydrogen) atoms. The zero-order chi connectivity index (χ0) is 7.72. The van der Waals surface area contributed by atoms with Crippen molar-refractivity contribution < 1.29 is 9.90 Å². The van der Waals surface area contributed by atoms with Crippen molar-refractivity contribution in [3.8, 4) is 0 Å². The zero-order valence-corrected chi connectivity index (χ0v) is 6.13. The predicted molar refractivity (Wildman–Crippen MR) is 38.7 cm³/mol. The second-order valence-corrected chi connectivity index (χ2v) is 3.08. The molecule has 2 heteroatoms. The Kier molecular flexibility index (Phi) is 1.79. The molecule has 56 valence electrons. The van der Waals surface area contributed by atoms with Crippen molar-refractivity contribution in [2.45, 2.75) is 19.8 Å². The fraction of sp³-hybridized carbons (Fsp3) is 0.625. The molecule has 0 aliphatic heterocycles. The first-order valence-corrected chi connectivity index (χ1v) is 3.50. The molecule has 1 aliphatic rings. The van der Waals surface area contributed by atoms with Crippen molar-refractivity contribution in [3.63, 3.8) is 0 Å². The third-order valence-corrected chi connectivity index (χ3v) is 2.12. The van der Waals surface area contributed by atoms with Gasteiger partial charge in [-0.1, -0.05) is 19.1 Å². The molecule has 0 saturated heterocycles. The van der Waals surface area contributed by atoms with Crippen molar-refractivity contribution in [2.75, 3.05) is 0 Å². The molecule has 1 N–H and O–H groups in total. The maximum atomic E-state index is 10.5. The standard InChI is InChI=1S/C8H12O2/c1-5-3-6(2)7(4-5)8(9)10/h6-7H,1,3-4H2,2H3,(H,9,10)/t6?,7-/m1/s1. The van der Waals surface area contributed by atoms with Crippen molar-refractivity contribution in [1.29, 1.82) is 0 Å². The van der Waals surface area contributed by atoms with E-state index in [1.807, 2.05) is 6.92 Å². The highest BCUT2D eigenvalue weighted by atomic mass is 16.4. The molecule has 0 amide bonds. The van der Waals surface area contributed by atoms with Crippen molar-refractivity contribution in [2.24, 2.45) is 11.8 Å². The van der Waals surface area contributed by atoms with Gasteiger partial charge in [-0.05, 0) is 18.8 Å². The minimum absolute atomic E-state index is 0.174. The van der Waals surface area contributed by atoms with Gasteiger partial charge in [-0.2, -0.15) is 0 Å². The van der Waals surface area contributed by atoms with Crippen molar-refractivity contribution in [1.82, 2.24) is 0 Å². The van der Waals surface area contributed by atoms with Crippen LogP contribution in [0.5, 0.6) is 0 Å². The molecule has 2 nitrogen and oxygen atoms in total. The summed E-state index contributed by atoms with van der Waals surface area (Å²) in [7, 11) is 0. The van der Waals surface area contributed by atoms with E-state index in [0.717, 1.165) is 12.0 Å². The molecule has 1 unspecified atom stereocenters. The number of carbonyl (C=O) groups is 1. The highest BCUT2D eigenvalue weighted by Gasteiger charge is 2.31. The molecule has 0 radical (unpaired) electrons. The minimum Gasteiger partial charge on any atom is -0.481 e. The molecular formula is C8H12O2. The maximum absolute atomic E-state index is 10.5. The number of carboxylic acids is 1. The summed E-state index contributed by atoms with van der Waals surface area (Å²) in [6.45, 7) is 5.74. The molecule has 0 heterocycles. The lowest BCUT2D eigenvalue weighted by Crippen LogP contribution is -2.15. The predicted octanol–water partition coefficient (Wildman–Crippen LogP) is 1.67. The van der Waals surface area contributed by atoms with Gasteiger partial charge in [0.1, 0.15) is 0 Å². The van der Waals surface area contributed by atoms with Crippen LogP contribution >= 0.6 is 0 Å². The molecule has 1 saturated carbocycles. The quantitative estimate of drug-likeness (QED) is 0.562. The van der Waals surface area contributed by atoms with E-state index in [-0.39, 0.29) is 11.8 Å². The highest BCUT2D eigenvalue weighted by molar-refractivity contribution is 5.71. The van der Waals surface area contributed by atoms with Gasteiger partial charge in [-0.15, -0.1) is 0 Å². The number of rotatable bonds is 1. The Morgan fingerprint density at radius 2 is 2.30 bits per heavy atom. The van der Waals surface area contributed by atoms with Crippen molar-refractivity contribution >= 4 is 5.97 Å². The lowest BCUT2D eigenvalue weighted by molar-refractivity contribution is -0.142. The Hall–Kier alpha value is -0.790. The Labute approximate surface area is 60.6 Å². The van der Waals surface area contributed by atoms with Gasteiger partial charge in [0.05, 0.1) is 5.92 Å². The Morgan fingerprint density at radius 1 is 1.70 bits per heavy atom. The van der Waals surface area contributed by atoms with Crippen LogP contribution < -0.4 is 0 Å². The van der Waals surface area contributed by atoms with Gasteiger partial charge in [-0.3, -0.25) is 4.79 Å². The van der Waals surface area contributed by atoms with Crippen LogP contribution in [0.4, 0.5) is 0 Å². The van der Waals surface area contributed by atoms with E-state index in [4.69, 9.17) is 5.11 Å². The summed E-state index contributed by atoms with van der Waals surface area (Å²) < 4.78 is 0. The van der Waals surface area contributed by atoms with Crippen LogP contribution in [0.15, 0.2) is 12.2 Å². The topological polar surface area (TPSA) is 37.3 Å². The number of hydrogen-bond donors (Lipinski definition) is 1. The molecule has 0 aromatic rings. The van der Waals surface area contributed by atoms with Gasteiger partial charge in [-0.25, -0.2) is 0 Å². The van der Waals surface area contributed by atoms with Gasteiger partial charge in [0.15, 0.2) is 0 Å². The first-order valence-electron chi connectivity index (χ1n) is 3.50. The molecule has 1 aliphatic carbocycles. The molecular weight excluding hydrogens is 128 g/mol. The molecule has 1 rings (SSSR count). The van der Waals surface area contributed by atoms with Crippen LogP contribution in [0.25, 0.3) is 0 Å². The van der Waals surface area contributed by atoms with Crippen LogP contribution in [0.3, 0.4) is 0 Å². The lowest BCUT2D eigenvalue weighted by Gasteiger charge is -2.06. The van der Waals surface area contributed by atoms with Crippen LogP contribution in [-0.4, -0.2) is 11.1 Å². The zero-order valence-electron chi connectivity index (χ0n) is 6.13. The molecule has 0 aromatic carbocycles. The second kappa shape index (κ2) is 2.45. The van der Waals surface area contributed by atoms with Gasteiger partial charge < -0.3 is 5.11 Å². The first kappa shape index (κ1) is 7.32. The van der Waals surface area contributed by atoms with E-state index in [1.165, 1.54) is 0 Å². The van der Waals surface area contributed by atoms with Crippen LogP contribution in [-0.2, 0) is 4.79 Å². The molecule has 1 fully saturated rings. The van der Waals surface area contributed by atoms with E-state index in [0.29, 0.717) is 6.42 Å². The third kappa shape index (κ3) is 1.20. The van der Waals surface area contributed by atoms with E-state index >= 15 is 0 Å². The Balaban J connectivity index is 2.63. The smallest absolute Gasteiger partial charge is 0.307 e. The molecule has 0 aromatic heterocycles. The largest absolute Gasteiger partial charge is 0.481 e. The average molecular weight is 140 g/mol. The summed E-state index contributed by atoms with van der Waals surface area (Å²) in [6.07, 6.45) is 1.56. The van der Waals surface area contributed by atoms with Gasteiger partial charge in [0.2, 0.25) is 0 Å². The molecule has 0 spiro atoms. The fourth-order valence-corrected chi connectivity index (χ4v) is 1.52. The highest BCUT2D eigenvalue weighted by Crippen LogP contribution is 2.34.